The lowest BCUT2D eigenvalue weighted by molar-refractivity contribution is -0.124. The van der Waals surface area contributed by atoms with Gasteiger partial charge in [0.2, 0.25) is 11.8 Å². The van der Waals surface area contributed by atoms with Gasteiger partial charge in [-0.25, -0.2) is 18.7 Å². The quantitative estimate of drug-likeness (QED) is 0.649. The maximum absolute atomic E-state index is 13.4. The first kappa shape index (κ1) is 20.9. The third kappa shape index (κ3) is 4.21. The highest BCUT2D eigenvalue weighted by Crippen LogP contribution is 2.36. The van der Waals surface area contributed by atoms with Gasteiger partial charge >= 0.3 is 0 Å². The summed E-state index contributed by atoms with van der Waals surface area (Å²) < 4.78 is 28.7. The summed E-state index contributed by atoms with van der Waals surface area (Å²) >= 11 is 0. The molecule has 9 heteroatoms. The number of hydrogen-bond acceptors (Lipinski definition) is 5. The van der Waals surface area contributed by atoms with Crippen LogP contribution in [0, 0.1) is 5.92 Å². The zero-order valence-electron chi connectivity index (χ0n) is 18.0. The Morgan fingerprint density at radius 3 is 2.72 bits per heavy atom. The number of rotatable bonds is 5. The summed E-state index contributed by atoms with van der Waals surface area (Å²) in [4.78, 5) is 24.0. The molecule has 0 unspecified atom stereocenters. The molecule has 4 heterocycles. The van der Waals surface area contributed by atoms with E-state index < -0.39 is 11.8 Å². The molecule has 3 aromatic rings. The lowest BCUT2D eigenvalue weighted by Gasteiger charge is -2.30. The van der Waals surface area contributed by atoms with E-state index in [0.717, 1.165) is 42.0 Å². The Kier molecular flexibility index (Phi) is 5.36. The molecule has 7 nitrogen and oxygen atoms in total. The molecular formula is C23H26F2N6O. The summed E-state index contributed by atoms with van der Waals surface area (Å²) in [5, 5.41) is 8.08. The van der Waals surface area contributed by atoms with Crippen molar-refractivity contribution in [1.82, 2.24) is 24.6 Å². The van der Waals surface area contributed by atoms with E-state index in [4.69, 9.17) is 4.98 Å². The Morgan fingerprint density at radius 2 is 2.00 bits per heavy atom. The van der Waals surface area contributed by atoms with Gasteiger partial charge in [-0.1, -0.05) is 0 Å². The highest BCUT2D eigenvalue weighted by atomic mass is 19.3. The van der Waals surface area contributed by atoms with Gasteiger partial charge in [0.1, 0.15) is 5.82 Å². The first-order valence-electron chi connectivity index (χ1n) is 11.1. The van der Waals surface area contributed by atoms with Crippen LogP contribution < -0.4 is 5.32 Å². The molecular weight excluding hydrogens is 414 g/mol. The maximum atomic E-state index is 13.4. The summed E-state index contributed by atoms with van der Waals surface area (Å²) in [6, 6.07) is 5.65. The van der Waals surface area contributed by atoms with Crippen LogP contribution >= 0.6 is 0 Å². The van der Waals surface area contributed by atoms with Crippen molar-refractivity contribution in [3.8, 4) is 11.3 Å². The summed E-state index contributed by atoms with van der Waals surface area (Å²) in [5.41, 5.74) is 3.64. The summed E-state index contributed by atoms with van der Waals surface area (Å²) in [6.07, 6.45) is 4.63. The number of pyridine rings is 2. The van der Waals surface area contributed by atoms with Crippen molar-refractivity contribution in [2.24, 2.45) is 13.0 Å². The molecule has 0 aromatic carbocycles. The van der Waals surface area contributed by atoms with Gasteiger partial charge in [-0.3, -0.25) is 14.4 Å². The summed E-state index contributed by atoms with van der Waals surface area (Å²) in [5.74, 6) is -2.94. The predicted molar refractivity (Wildman–Crippen MR) is 117 cm³/mol. The SMILES string of the molecule is Cn1ncc(-c2ccc3cnc(NC(=O)C4CCC(F)(F)CC4)cc3n2)c1CN1CCC1. The number of carbonyl (C=O) groups is 1. The first-order valence-corrected chi connectivity index (χ1v) is 11.1. The van der Waals surface area contributed by atoms with E-state index in [-0.39, 0.29) is 31.6 Å². The molecule has 3 aromatic heterocycles. The van der Waals surface area contributed by atoms with Crippen LogP contribution in [0.5, 0.6) is 0 Å². The van der Waals surface area contributed by atoms with Crippen molar-refractivity contribution in [3.05, 3.63) is 36.3 Å². The minimum absolute atomic E-state index is 0.190. The monoisotopic (exact) mass is 440 g/mol. The fourth-order valence-electron chi connectivity index (χ4n) is 4.38. The summed E-state index contributed by atoms with van der Waals surface area (Å²) in [7, 11) is 1.94. The van der Waals surface area contributed by atoms with Crippen molar-refractivity contribution in [2.45, 2.75) is 44.6 Å². The number of aromatic nitrogens is 4. The fourth-order valence-corrected chi connectivity index (χ4v) is 4.38. The number of nitrogens with one attached hydrogen (secondary N) is 1. The molecule has 1 amide bonds. The zero-order chi connectivity index (χ0) is 22.3. The van der Waals surface area contributed by atoms with Crippen LogP contribution in [-0.2, 0) is 18.4 Å². The molecule has 1 N–H and O–H groups in total. The van der Waals surface area contributed by atoms with Crippen molar-refractivity contribution in [2.75, 3.05) is 18.4 Å². The van der Waals surface area contributed by atoms with E-state index in [9.17, 15) is 13.6 Å². The molecule has 0 bridgehead atoms. The van der Waals surface area contributed by atoms with E-state index in [2.05, 4.69) is 20.3 Å². The van der Waals surface area contributed by atoms with E-state index >= 15 is 0 Å². The van der Waals surface area contributed by atoms with Crippen LogP contribution in [0.2, 0.25) is 0 Å². The fraction of sp³-hybridized carbons (Fsp3) is 0.478. The Balaban J connectivity index is 1.36. The second kappa shape index (κ2) is 8.20. The molecule has 1 saturated heterocycles. The minimum atomic E-state index is -2.65. The third-order valence-corrected chi connectivity index (χ3v) is 6.57. The van der Waals surface area contributed by atoms with E-state index in [1.54, 1.807) is 12.3 Å². The molecule has 168 valence electrons. The molecule has 2 fully saturated rings. The number of alkyl halides is 2. The number of fused-ring (bicyclic) bond motifs is 1. The molecule has 0 spiro atoms. The summed E-state index contributed by atoms with van der Waals surface area (Å²) in [6.45, 7) is 3.04. The number of aryl methyl sites for hydroxylation is 1. The number of anilines is 1. The van der Waals surface area contributed by atoms with E-state index in [1.807, 2.05) is 30.1 Å². The molecule has 1 aliphatic carbocycles. The van der Waals surface area contributed by atoms with Crippen molar-refractivity contribution < 1.29 is 13.6 Å². The molecule has 32 heavy (non-hydrogen) atoms. The minimum Gasteiger partial charge on any atom is -0.310 e. The van der Waals surface area contributed by atoms with Gasteiger partial charge < -0.3 is 5.32 Å². The number of carbonyl (C=O) groups excluding carboxylic acids is 1. The van der Waals surface area contributed by atoms with Crippen molar-refractivity contribution in [1.29, 1.82) is 0 Å². The van der Waals surface area contributed by atoms with Crippen LogP contribution in [-0.4, -0.2) is 49.6 Å². The Bertz CT molecular complexity index is 1150. The third-order valence-electron chi connectivity index (χ3n) is 6.57. The van der Waals surface area contributed by atoms with E-state index in [1.165, 1.54) is 6.42 Å². The number of halogens is 2. The van der Waals surface area contributed by atoms with Crippen molar-refractivity contribution in [3.63, 3.8) is 0 Å². The van der Waals surface area contributed by atoms with Crippen LogP contribution in [0.25, 0.3) is 22.2 Å². The number of hydrogen-bond donors (Lipinski definition) is 1. The predicted octanol–water partition coefficient (Wildman–Crippen LogP) is 4.00. The average molecular weight is 440 g/mol. The molecule has 2 aliphatic rings. The Morgan fingerprint density at radius 1 is 1.22 bits per heavy atom. The number of likely N-dealkylation sites (tertiary alicyclic amines) is 1. The van der Waals surface area contributed by atoms with Gasteiger partial charge in [-0.15, -0.1) is 0 Å². The number of nitrogens with zero attached hydrogens (tertiary/aromatic N) is 5. The molecule has 0 radical (unpaired) electrons. The van der Waals surface area contributed by atoms with Gasteiger partial charge in [0, 0.05) is 55.6 Å². The Labute approximate surface area is 184 Å². The van der Waals surface area contributed by atoms with Gasteiger partial charge in [-0.05, 0) is 44.5 Å². The average Bonchev–Trinajstić information content (AvgIpc) is 3.10. The lowest BCUT2D eigenvalue weighted by atomic mass is 9.86. The standard InChI is InChI=1S/C23H26F2N6O/c1-30-20(14-31-9-2-10-31)17(13-27-30)18-4-3-16-12-26-21(11-19(16)28-18)29-22(32)15-5-7-23(24,25)8-6-15/h3-4,11-13,15H,2,5-10,14H2,1H3,(H,26,29,32). The topological polar surface area (TPSA) is 75.9 Å². The van der Waals surface area contributed by atoms with Crippen molar-refractivity contribution >= 4 is 22.6 Å². The highest BCUT2D eigenvalue weighted by molar-refractivity contribution is 5.93. The van der Waals surface area contributed by atoms with E-state index in [0.29, 0.717) is 11.3 Å². The lowest BCUT2D eigenvalue weighted by Crippen LogP contribution is -2.37. The molecule has 1 saturated carbocycles. The smallest absolute Gasteiger partial charge is 0.248 e. The Hall–Kier alpha value is -2.94. The van der Waals surface area contributed by atoms with Crippen LogP contribution in [0.4, 0.5) is 14.6 Å². The van der Waals surface area contributed by atoms with Crippen LogP contribution in [0.3, 0.4) is 0 Å². The second-order valence-corrected chi connectivity index (χ2v) is 8.84. The maximum Gasteiger partial charge on any atom is 0.248 e. The van der Waals surface area contributed by atoms with Gasteiger partial charge in [0.25, 0.3) is 0 Å². The largest absolute Gasteiger partial charge is 0.310 e. The molecule has 0 atom stereocenters. The van der Waals surface area contributed by atoms with Crippen LogP contribution in [0.1, 0.15) is 37.8 Å². The van der Waals surface area contributed by atoms with Crippen LogP contribution in [0.15, 0.2) is 30.6 Å². The van der Waals surface area contributed by atoms with Gasteiger partial charge in [-0.2, -0.15) is 5.10 Å². The zero-order valence-corrected chi connectivity index (χ0v) is 18.0. The highest BCUT2D eigenvalue weighted by Gasteiger charge is 2.37. The van der Waals surface area contributed by atoms with Gasteiger partial charge in [0.05, 0.1) is 23.1 Å². The number of amides is 1. The molecule has 5 rings (SSSR count). The second-order valence-electron chi connectivity index (χ2n) is 8.84. The normalized spacial score (nSPS) is 19.1. The first-order chi connectivity index (χ1) is 15.4. The molecule has 1 aliphatic heterocycles. The van der Waals surface area contributed by atoms with Gasteiger partial charge in [0.15, 0.2) is 0 Å².